The van der Waals surface area contributed by atoms with Gasteiger partial charge in [0.15, 0.2) is 0 Å². The van der Waals surface area contributed by atoms with Gasteiger partial charge in [-0.15, -0.1) is 0 Å². The van der Waals surface area contributed by atoms with Crippen LogP contribution in [0.2, 0.25) is 0 Å². The molecule has 0 spiro atoms. The summed E-state index contributed by atoms with van der Waals surface area (Å²) in [7, 11) is 1.30. The fourth-order valence-electron chi connectivity index (χ4n) is 4.33. The van der Waals surface area contributed by atoms with Gasteiger partial charge in [-0.3, -0.25) is 9.58 Å². The normalized spacial score (nSPS) is 17.9. The summed E-state index contributed by atoms with van der Waals surface area (Å²) in [4.78, 5) is 17.9. The van der Waals surface area contributed by atoms with Crippen LogP contribution in [0.4, 0.5) is 23.7 Å². The van der Waals surface area contributed by atoms with Gasteiger partial charge in [-0.25, -0.2) is 9.78 Å². The number of fused-ring (bicyclic) bond motifs is 1. The molecule has 1 fully saturated rings. The minimum atomic E-state index is -4.64. The molecule has 1 saturated carbocycles. The Bertz CT molecular complexity index is 1240. The molecule has 1 amide bonds. The first-order chi connectivity index (χ1) is 16.3. The Morgan fingerprint density at radius 2 is 1.97 bits per heavy atom. The monoisotopic (exact) mass is 472 g/mol. The van der Waals surface area contributed by atoms with Gasteiger partial charge in [-0.05, 0) is 56.9 Å². The van der Waals surface area contributed by atoms with Crippen LogP contribution in [-0.4, -0.2) is 34.0 Å². The van der Waals surface area contributed by atoms with E-state index in [1.54, 1.807) is 18.3 Å². The van der Waals surface area contributed by atoms with Crippen molar-refractivity contribution in [3.05, 3.63) is 54.0 Å². The van der Waals surface area contributed by atoms with E-state index < -0.39 is 23.7 Å². The molecule has 34 heavy (non-hydrogen) atoms. The molecule has 1 aliphatic carbocycles. The maximum atomic E-state index is 13.7. The topological polar surface area (TPSA) is 69.5 Å². The van der Waals surface area contributed by atoms with Gasteiger partial charge in [0.2, 0.25) is 5.88 Å². The average molecular weight is 472 g/mol. The van der Waals surface area contributed by atoms with Crippen LogP contribution in [0.1, 0.15) is 43.4 Å². The lowest BCUT2D eigenvalue weighted by Gasteiger charge is -2.35. The van der Waals surface area contributed by atoms with Crippen molar-refractivity contribution in [3.8, 4) is 22.8 Å². The number of alkyl halides is 3. The molecule has 5 rings (SSSR count). The van der Waals surface area contributed by atoms with Gasteiger partial charge < -0.3 is 9.47 Å². The molecule has 0 bridgehead atoms. The maximum absolute atomic E-state index is 13.7. The minimum absolute atomic E-state index is 0.142. The van der Waals surface area contributed by atoms with Gasteiger partial charge in [0, 0.05) is 35.1 Å². The van der Waals surface area contributed by atoms with Crippen molar-refractivity contribution in [1.82, 2.24) is 14.8 Å². The summed E-state index contributed by atoms with van der Waals surface area (Å²) in [6.45, 7) is 1.90. The largest absolute Gasteiger partial charge is 0.452 e. The zero-order valence-corrected chi connectivity index (χ0v) is 18.7. The highest BCUT2D eigenvalue weighted by atomic mass is 19.4. The number of aromatic nitrogens is 3. The predicted molar refractivity (Wildman–Crippen MR) is 118 cm³/mol. The van der Waals surface area contributed by atoms with E-state index >= 15 is 0 Å². The van der Waals surface area contributed by atoms with E-state index in [1.807, 2.05) is 17.8 Å². The summed E-state index contributed by atoms with van der Waals surface area (Å²) in [5.74, 6) is -0.305. The number of amides is 1. The van der Waals surface area contributed by atoms with Crippen molar-refractivity contribution in [3.63, 3.8) is 0 Å². The molecular weight excluding hydrogens is 449 g/mol. The zero-order chi connectivity index (χ0) is 24.0. The SMILES string of the molecule is COC(=O)N1c2ccc(-c3cnn(C4CC4)c3)c(Oc3ncccc3C(F)(F)F)c2CCC1C. The number of pyridine rings is 1. The number of hydrogen-bond acceptors (Lipinski definition) is 5. The Balaban J connectivity index is 1.67. The summed E-state index contributed by atoms with van der Waals surface area (Å²) < 4.78 is 53.8. The first-order valence-electron chi connectivity index (χ1n) is 11.1. The Kier molecular flexibility index (Phi) is 5.45. The number of halogens is 3. The molecule has 7 nitrogen and oxygen atoms in total. The number of carbonyl (C=O) groups excluding carboxylic acids is 1. The van der Waals surface area contributed by atoms with Crippen LogP contribution in [0.15, 0.2) is 42.9 Å². The molecule has 1 unspecified atom stereocenters. The predicted octanol–water partition coefficient (Wildman–Crippen LogP) is 6.00. The third-order valence-corrected chi connectivity index (χ3v) is 6.23. The Morgan fingerprint density at radius 1 is 1.18 bits per heavy atom. The number of carbonyl (C=O) groups is 1. The number of ether oxygens (including phenoxy) is 2. The minimum Gasteiger partial charge on any atom is -0.452 e. The molecule has 178 valence electrons. The van der Waals surface area contributed by atoms with Crippen LogP contribution >= 0.6 is 0 Å². The molecular formula is C24H23F3N4O3. The zero-order valence-electron chi connectivity index (χ0n) is 18.7. The molecule has 1 aliphatic heterocycles. The standard InChI is InChI=1S/C24H23F3N4O3/c1-14-5-8-18-20(31(14)23(32)33-2)10-9-17(15-12-29-30(13-15)16-6-7-16)21(18)34-22-19(24(25,26)27)4-3-11-28-22/h3-4,9-14,16H,5-8H2,1-2H3. The van der Waals surface area contributed by atoms with E-state index in [1.165, 1.54) is 24.3 Å². The summed E-state index contributed by atoms with van der Waals surface area (Å²) in [6, 6.07) is 5.88. The quantitative estimate of drug-likeness (QED) is 0.466. The third-order valence-electron chi connectivity index (χ3n) is 6.23. The molecule has 0 radical (unpaired) electrons. The number of nitrogens with zero attached hydrogens (tertiary/aromatic N) is 4. The van der Waals surface area contributed by atoms with Crippen LogP contribution in [0.25, 0.3) is 11.1 Å². The van der Waals surface area contributed by atoms with Crippen molar-refractivity contribution in [2.75, 3.05) is 12.0 Å². The molecule has 2 aromatic heterocycles. The van der Waals surface area contributed by atoms with Gasteiger partial charge in [0.1, 0.15) is 11.3 Å². The number of anilines is 1. The molecule has 3 heterocycles. The molecule has 1 aromatic carbocycles. The van der Waals surface area contributed by atoms with E-state index in [2.05, 4.69) is 10.1 Å². The van der Waals surface area contributed by atoms with E-state index in [9.17, 15) is 18.0 Å². The van der Waals surface area contributed by atoms with E-state index in [0.717, 1.165) is 24.5 Å². The van der Waals surface area contributed by atoms with Gasteiger partial charge in [0.25, 0.3) is 0 Å². The van der Waals surface area contributed by atoms with Crippen LogP contribution in [0.3, 0.4) is 0 Å². The lowest BCUT2D eigenvalue weighted by atomic mass is 9.92. The Morgan fingerprint density at radius 3 is 2.68 bits per heavy atom. The maximum Gasteiger partial charge on any atom is 0.421 e. The summed E-state index contributed by atoms with van der Waals surface area (Å²) in [5.41, 5.74) is 1.50. The van der Waals surface area contributed by atoms with Crippen molar-refractivity contribution in [2.24, 2.45) is 0 Å². The first kappa shape index (κ1) is 22.2. The van der Waals surface area contributed by atoms with Gasteiger partial charge >= 0.3 is 12.3 Å². The van der Waals surface area contributed by atoms with E-state index in [4.69, 9.17) is 9.47 Å². The third kappa shape index (κ3) is 3.97. The number of hydrogen-bond donors (Lipinski definition) is 0. The highest BCUT2D eigenvalue weighted by Crippen LogP contribution is 2.47. The van der Waals surface area contributed by atoms with Crippen LogP contribution in [-0.2, 0) is 17.3 Å². The van der Waals surface area contributed by atoms with Crippen LogP contribution < -0.4 is 9.64 Å². The van der Waals surface area contributed by atoms with Crippen molar-refractivity contribution in [2.45, 2.75) is 50.9 Å². The molecule has 10 heteroatoms. The fourth-order valence-corrected chi connectivity index (χ4v) is 4.33. The lowest BCUT2D eigenvalue weighted by molar-refractivity contribution is -0.138. The van der Waals surface area contributed by atoms with Crippen molar-refractivity contribution >= 4 is 11.8 Å². The molecule has 0 saturated heterocycles. The molecule has 2 aliphatic rings. The average Bonchev–Trinajstić information content (AvgIpc) is 3.55. The highest BCUT2D eigenvalue weighted by Gasteiger charge is 2.37. The van der Waals surface area contributed by atoms with Gasteiger partial charge in [0.05, 0.1) is 25.0 Å². The van der Waals surface area contributed by atoms with E-state index in [0.29, 0.717) is 35.7 Å². The van der Waals surface area contributed by atoms with Crippen molar-refractivity contribution in [1.29, 1.82) is 0 Å². The van der Waals surface area contributed by atoms with Gasteiger partial charge in [-0.1, -0.05) is 0 Å². The van der Waals surface area contributed by atoms with Crippen molar-refractivity contribution < 1.29 is 27.4 Å². The van der Waals surface area contributed by atoms with E-state index in [-0.39, 0.29) is 11.8 Å². The number of methoxy groups -OCH3 is 1. The van der Waals surface area contributed by atoms with Crippen LogP contribution in [0, 0.1) is 0 Å². The second-order valence-corrected chi connectivity index (χ2v) is 8.56. The Labute approximate surface area is 194 Å². The lowest BCUT2D eigenvalue weighted by Crippen LogP contribution is -2.42. The molecule has 3 aromatic rings. The highest BCUT2D eigenvalue weighted by molar-refractivity contribution is 5.92. The molecule has 0 N–H and O–H groups in total. The fraction of sp³-hybridized carbons (Fsp3) is 0.375. The van der Waals surface area contributed by atoms with Gasteiger partial charge in [-0.2, -0.15) is 18.3 Å². The first-order valence-corrected chi connectivity index (χ1v) is 11.1. The van der Waals surface area contributed by atoms with Crippen LogP contribution in [0.5, 0.6) is 11.6 Å². The molecule has 1 atom stereocenters. The summed E-state index contributed by atoms with van der Waals surface area (Å²) in [5, 5.41) is 4.42. The Hall–Kier alpha value is -3.56. The number of benzene rings is 1. The number of rotatable bonds is 4. The second kappa shape index (κ2) is 8.34. The summed E-state index contributed by atoms with van der Waals surface area (Å²) >= 11 is 0. The second-order valence-electron chi connectivity index (χ2n) is 8.56. The summed E-state index contributed by atoms with van der Waals surface area (Å²) in [6.07, 6.45) is 2.83. The smallest absolute Gasteiger partial charge is 0.421 e.